The minimum atomic E-state index is -0.563. The average molecular weight is 270 g/mol. The SMILES string of the molecule is CC(=O)C1=C(C)OC(N)=C(C#N)[C@H]1c1ccc(O)cc1. The molecule has 20 heavy (non-hydrogen) atoms. The van der Waals surface area contributed by atoms with Crippen LogP contribution in [-0.4, -0.2) is 10.9 Å². The third kappa shape index (κ3) is 2.24. The first kappa shape index (κ1) is 13.7. The molecule has 1 aromatic carbocycles. The van der Waals surface area contributed by atoms with E-state index in [1.54, 1.807) is 19.1 Å². The first-order valence-electron chi connectivity index (χ1n) is 6.04. The largest absolute Gasteiger partial charge is 0.508 e. The lowest BCUT2D eigenvalue weighted by molar-refractivity contribution is -0.114. The summed E-state index contributed by atoms with van der Waals surface area (Å²) < 4.78 is 5.28. The summed E-state index contributed by atoms with van der Waals surface area (Å²) in [5, 5.41) is 18.6. The molecule has 5 heteroatoms. The maximum Gasteiger partial charge on any atom is 0.205 e. The van der Waals surface area contributed by atoms with Crippen molar-refractivity contribution in [2.45, 2.75) is 19.8 Å². The number of phenols is 1. The highest BCUT2D eigenvalue weighted by Gasteiger charge is 2.33. The molecule has 1 aliphatic rings. The number of Topliss-reactive ketones (excluding diaryl/α,β-unsaturated/α-hetero) is 1. The molecule has 0 saturated heterocycles. The van der Waals surface area contributed by atoms with Gasteiger partial charge in [0, 0.05) is 5.57 Å². The molecule has 0 spiro atoms. The normalized spacial score (nSPS) is 18.6. The Morgan fingerprint density at radius 3 is 2.50 bits per heavy atom. The summed E-state index contributed by atoms with van der Waals surface area (Å²) in [5.41, 5.74) is 7.05. The summed E-state index contributed by atoms with van der Waals surface area (Å²) in [6, 6.07) is 8.33. The van der Waals surface area contributed by atoms with E-state index < -0.39 is 5.92 Å². The lowest BCUT2D eigenvalue weighted by Gasteiger charge is -2.26. The fourth-order valence-corrected chi connectivity index (χ4v) is 2.34. The Kier molecular flexibility index (Phi) is 3.49. The lowest BCUT2D eigenvalue weighted by Crippen LogP contribution is -2.23. The quantitative estimate of drug-likeness (QED) is 0.857. The number of hydrogen-bond donors (Lipinski definition) is 2. The third-order valence-electron chi connectivity index (χ3n) is 3.21. The van der Waals surface area contributed by atoms with E-state index in [0.29, 0.717) is 16.9 Å². The highest BCUT2D eigenvalue weighted by atomic mass is 16.5. The van der Waals surface area contributed by atoms with Crippen molar-refractivity contribution in [1.29, 1.82) is 5.26 Å². The number of nitrogens with two attached hydrogens (primary N) is 1. The molecule has 1 aromatic rings. The molecule has 0 bridgehead atoms. The zero-order valence-electron chi connectivity index (χ0n) is 11.2. The standard InChI is InChI=1S/C15H14N2O3/c1-8(18)13-9(2)20-15(17)12(7-16)14(13)10-3-5-11(19)6-4-10/h3-6,14,19H,17H2,1-2H3/t14-/m1/s1. The van der Waals surface area contributed by atoms with Crippen molar-refractivity contribution in [3.63, 3.8) is 0 Å². The number of carbonyl (C=O) groups excluding carboxylic acids is 1. The molecule has 3 N–H and O–H groups in total. The lowest BCUT2D eigenvalue weighted by atomic mass is 9.81. The van der Waals surface area contributed by atoms with Gasteiger partial charge in [-0.2, -0.15) is 5.26 Å². The molecule has 0 unspecified atom stereocenters. The smallest absolute Gasteiger partial charge is 0.205 e. The summed E-state index contributed by atoms with van der Waals surface area (Å²) >= 11 is 0. The highest BCUT2D eigenvalue weighted by molar-refractivity contribution is 5.96. The number of aromatic hydroxyl groups is 1. The van der Waals surface area contributed by atoms with Gasteiger partial charge in [0.2, 0.25) is 5.88 Å². The number of phenolic OH excluding ortho intramolecular Hbond substituents is 1. The number of allylic oxidation sites excluding steroid dienone is 3. The number of nitriles is 1. The topological polar surface area (TPSA) is 96.3 Å². The minimum absolute atomic E-state index is 0.00748. The van der Waals surface area contributed by atoms with Gasteiger partial charge in [-0.3, -0.25) is 4.79 Å². The summed E-state index contributed by atoms with van der Waals surface area (Å²) in [5.74, 6) is -0.228. The van der Waals surface area contributed by atoms with Crippen LogP contribution in [0.2, 0.25) is 0 Å². The molecule has 0 fully saturated rings. The summed E-state index contributed by atoms with van der Waals surface area (Å²) in [4.78, 5) is 11.9. The monoisotopic (exact) mass is 270 g/mol. The maximum absolute atomic E-state index is 11.9. The Hall–Kier alpha value is -2.74. The van der Waals surface area contributed by atoms with Gasteiger partial charge in [-0.15, -0.1) is 0 Å². The Bertz CT molecular complexity index is 663. The number of ether oxygens (including phenoxy) is 1. The Morgan fingerprint density at radius 1 is 1.40 bits per heavy atom. The number of hydrogen-bond acceptors (Lipinski definition) is 5. The van der Waals surface area contributed by atoms with Crippen LogP contribution in [0.4, 0.5) is 0 Å². The van der Waals surface area contributed by atoms with Crippen molar-refractivity contribution in [3.8, 4) is 11.8 Å². The van der Waals surface area contributed by atoms with Crippen LogP contribution in [0.15, 0.2) is 47.1 Å². The number of ketones is 1. The third-order valence-corrected chi connectivity index (χ3v) is 3.21. The fraction of sp³-hybridized carbons (Fsp3) is 0.200. The van der Waals surface area contributed by atoms with E-state index in [2.05, 4.69) is 0 Å². The van der Waals surface area contributed by atoms with Crippen LogP contribution in [0.25, 0.3) is 0 Å². The zero-order valence-corrected chi connectivity index (χ0v) is 11.2. The summed E-state index contributed by atoms with van der Waals surface area (Å²) in [7, 11) is 0. The van der Waals surface area contributed by atoms with E-state index in [9.17, 15) is 15.2 Å². The van der Waals surface area contributed by atoms with Crippen LogP contribution in [0.1, 0.15) is 25.3 Å². The second kappa shape index (κ2) is 5.10. The molecule has 1 heterocycles. The number of nitrogens with zero attached hydrogens (tertiary/aromatic N) is 1. The van der Waals surface area contributed by atoms with Gasteiger partial charge < -0.3 is 15.6 Å². The number of carbonyl (C=O) groups is 1. The van der Waals surface area contributed by atoms with E-state index in [4.69, 9.17) is 10.5 Å². The molecule has 2 rings (SSSR count). The Balaban J connectivity index is 2.64. The molecular weight excluding hydrogens is 256 g/mol. The predicted molar refractivity (Wildman–Crippen MR) is 72.1 cm³/mol. The molecule has 1 atom stereocenters. The van der Waals surface area contributed by atoms with Gasteiger partial charge in [-0.05, 0) is 31.5 Å². The zero-order chi connectivity index (χ0) is 14.9. The van der Waals surface area contributed by atoms with Crippen LogP contribution < -0.4 is 5.73 Å². The molecular formula is C15H14N2O3. The van der Waals surface area contributed by atoms with Crippen molar-refractivity contribution < 1.29 is 14.6 Å². The second-order valence-corrected chi connectivity index (χ2v) is 4.54. The molecule has 0 amide bonds. The number of rotatable bonds is 2. The molecule has 102 valence electrons. The highest BCUT2D eigenvalue weighted by Crippen LogP contribution is 2.39. The summed E-state index contributed by atoms with van der Waals surface area (Å²) in [6.45, 7) is 3.07. The van der Waals surface area contributed by atoms with Crippen molar-refractivity contribution in [2.75, 3.05) is 0 Å². The average Bonchev–Trinajstić information content (AvgIpc) is 2.38. The fourth-order valence-electron chi connectivity index (χ4n) is 2.34. The van der Waals surface area contributed by atoms with E-state index in [1.165, 1.54) is 19.1 Å². The van der Waals surface area contributed by atoms with E-state index >= 15 is 0 Å². The first-order valence-corrected chi connectivity index (χ1v) is 6.04. The van der Waals surface area contributed by atoms with E-state index in [-0.39, 0.29) is 23.0 Å². The van der Waals surface area contributed by atoms with Crippen molar-refractivity contribution >= 4 is 5.78 Å². The maximum atomic E-state index is 11.9. The molecule has 0 aromatic heterocycles. The van der Waals surface area contributed by atoms with Crippen molar-refractivity contribution in [2.24, 2.45) is 5.73 Å². The van der Waals surface area contributed by atoms with Gasteiger partial charge in [0.15, 0.2) is 5.78 Å². The first-order chi connectivity index (χ1) is 9.45. The van der Waals surface area contributed by atoms with Gasteiger partial charge in [-0.25, -0.2) is 0 Å². The Morgan fingerprint density at radius 2 is 2.00 bits per heavy atom. The number of benzene rings is 1. The van der Waals surface area contributed by atoms with Crippen LogP contribution >= 0.6 is 0 Å². The van der Waals surface area contributed by atoms with Gasteiger partial charge in [0.1, 0.15) is 23.2 Å². The van der Waals surface area contributed by atoms with Crippen LogP contribution in [0.3, 0.4) is 0 Å². The predicted octanol–water partition coefficient (Wildman–Crippen LogP) is 2.06. The second-order valence-electron chi connectivity index (χ2n) is 4.54. The van der Waals surface area contributed by atoms with Gasteiger partial charge in [0.25, 0.3) is 0 Å². The summed E-state index contributed by atoms with van der Waals surface area (Å²) in [6.07, 6.45) is 0. The van der Waals surface area contributed by atoms with E-state index in [1.807, 2.05) is 6.07 Å². The molecule has 1 aliphatic heterocycles. The van der Waals surface area contributed by atoms with Crippen molar-refractivity contribution in [3.05, 3.63) is 52.6 Å². The molecule has 0 radical (unpaired) electrons. The molecule has 0 aliphatic carbocycles. The van der Waals surface area contributed by atoms with Crippen LogP contribution in [0, 0.1) is 11.3 Å². The van der Waals surface area contributed by atoms with Gasteiger partial charge >= 0.3 is 0 Å². The van der Waals surface area contributed by atoms with Gasteiger partial charge in [0.05, 0.1) is 5.92 Å². The Labute approximate surface area is 116 Å². The van der Waals surface area contributed by atoms with Crippen LogP contribution in [-0.2, 0) is 9.53 Å². The van der Waals surface area contributed by atoms with Crippen LogP contribution in [0.5, 0.6) is 5.75 Å². The molecule has 5 nitrogen and oxygen atoms in total. The molecule has 0 saturated carbocycles. The van der Waals surface area contributed by atoms with Gasteiger partial charge in [-0.1, -0.05) is 12.1 Å². The minimum Gasteiger partial charge on any atom is -0.508 e. The van der Waals surface area contributed by atoms with E-state index in [0.717, 1.165) is 0 Å². The van der Waals surface area contributed by atoms with Crippen molar-refractivity contribution in [1.82, 2.24) is 0 Å².